The molecule has 1 fully saturated rings. The zero-order chi connectivity index (χ0) is 12.0. The van der Waals surface area contributed by atoms with Gasteiger partial charge in [0.15, 0.2) is 0 Å². The van der Waals surface area contributed by atoms with E-state index in [-0.39, 0.29) is 5.92 Å². The van der Waals surface area contributed by atoms with Gasteiger partial charge in [0.1, 0.15) is 5.82 Å². The smallest absolute Gasteiger partial charge is 0.311 e. The average molecular weight is 232 g/mol. The van der Waals surface area contributed by atoms with Gasteiger partial charge in [-0.25, -0.2) is 9.97 Å². The Labute approximate surface area is 100 Å². The van der Waals surface area contributed by atoms with Gasteiger partial charge in [0.05, 0.1) is 11.6 Å². The van der Waals surface area contributed by atoms with Crippen molar-refractivity contribution in [2.24, 2.45) is 0 Å². The highest BCUT2D eigenvalue weighted by atomic mass is 16.4. The van der Waals surface area contributed by atoms with Gasteiger partial charge in [-0.15, -0.1) is 0 Å². The normalized spacial score (nSPS) is 23.2. The van der Waals surface area contributed by atoms with Crippen molar-refractivity contribution in [3.05, 3.63) is 22.8 Å². The Balaban J connectivity index is 2.15. The van der Waals surface area contributed by atoms with Gasteiger partial charge in [-0.1, -0.05) is 0 Å². The van der Waals surface area contributed by atoms with Gasteiger partial charge < -0.3 is 5.11 Å². The number of aryl methyl sites for hydroxylation is 2. The van der Waals surface area contributed by atoms with Crippen molar-refractivity contribution < 1.29 is 9.90 Å². The summed E-state index contributed by atoms with van der Waals surface area (Å²) >= 11 is 0. The molecule has 0 amide bonds. The lowest BCUT2D eigenvalue weighted by Gasteiger charge is -2.24. The van der Waals surface area contributed by atoms with Crippen molar-refractivity contribution >= 4 is 5.97 Å². The van der Waals surface area contributed by atoms with E-state index in [0.29, 0.717) is 5.92 Å². The minimum Gasteiger partial charge on any atom is -0.481 e. The van der Waals surface area contributed by atoms with Crippen LogP contribution in [0, 0.1) is 6.92 Å². The summed E-state index contributed by atoms with van der Waals surface area (Å²) in [7, 11) is 0. The minimum atomic E-state index is -0.722. The maximum Gasteiger partial charge on any atom is 0.311 e. The Bertz CT molecular complexity index is 481. The molecular weight excluding hydrogens is 216 g/mol. The summed E-state index contributed by atoms with van der Waals surface area (Å²) in [5, 5.41) is 9.33. The second kappa shape index (κ2) is 3.79. The van der Waals surface area contributed by atoms with Crippen LogP contribution in [-0.4, -0.2) is 21.0 Å². The molecule has 2 aliphatic carbocycles. The highest BCUT2D eigenvalue weighted by Gasteiger charge is 2.36. The fourth-order valence-electron chi connectivity index (χ4n) is 2.77. The van der Waals surface area contributed by atoms with Crippen molar-refractivity contribution in [1.29, 1.82) is 0 Å². The molecule has 0 bridgehead atoms. The molecule has 4 heteroatoms. The molecule has 1 N–H and O–H groups in total. The third-order valence-electron chi connectivity index (χ3n) is 3.68. The van der Waals surface area contributed by atoms with Crippen LogP contribution < -0.4 is 0 Å². The first-order valence-electron chi connectivity index (χ1n) is 6.27. The van der Waals surface area contributed by atoms with Crippen LogP contribution in [0.15, 0.2) is 0 Å². The number of carboxylic acids is 1. The number of aliphatic carboxylic acids is 1. The summed E-state index contributed by atoms with van der Waals surface area (Å²) in [4.78, 5) is 20.3. The molecule has 0 aromatic carbocycles. The second-order valence-corrected chi connectivity index (χ2v) is 5.07. The molecule has 2 aliphatic rings. The Hall–Kier alpha value is -1.45. The number of aromatic nitrogens is 2. The third-order valence-corrected chi connectivity index (χ3v) is 3.68. The maximum absolute atomic E-state index is 11.3. The lowest BCUT2D eigenvalue weighted by atomic mass is 9.83. The molecule has 0 radical (unpaired) electrons. The minimum absolute atomic E-state index is 0.380. The standard InChI is InChI=1S/C13H16N2O2/c1-7-14-10-4-2-3-9(13(16)17)11(10)12(15-7)8-5-6-8/h8-9H,2-6H2,1H3,(H,16,17). The topological polar surface area (TPSA) is 63.1 Å². The Morgan fingerprint density at radius 3 is 2.71 bits per heavy atom. The number of hydrogen-bond acceptors (Lipinski definition) is 3. The third kappa shape index (κ3) is 1.81. The SMILES string of the molecule is Cc1nc2c(c(C3CC3)n1)C(C(=O)O)CCC2. The summed E-state index contributed by atoms with van der Waals surface area (Å²) in [5.74, 6) is 0.178. The number of nitrogens with zero attached hydrogens (tertiary/aromatic N) is 2. The van der Waals surface area contributed by atoms with E-state index in [1.54, 1.807) is 0 Å². The van der Waals surface area contributed by atoms with Crippen molar-refractivity contribution in [3.63, 3.8) is 0 Å². The molecule has 0 saturated heterocycles. The maximum atomic E-state index is 11.3. The lowest BCUT2D eigenvalue weighted by molar-refractivity contribution is -0.139. The molecule has 0 spiro atoms. The van der Waals surface area contributed by atoms with Crippen molar-refractivity contribution in [2.75, 3.05) is 0 Å². The zero-order valence-corrected chi connectivity index (χ0v) is 9.94. The number of hydrogen-bond donors (Lipinski definition) is 1. The van der Waals surface area contributed by atoms with Gasteiger partial charge in [-0.2, -0.15) is 0 Å². The largest absolute Gasteiger partial charge is 0.481 e. The summed E-state index contributed by atoms with van der Waals surface area (Å²) in [6.45, 7) is 1.90. The molecule has 4 nitrogen and oxygen atoms in total. The van der Waals surface area contributed by atoms with E-state index in [9.17, 15) is 9.90 Å². The molecule has 1 aromatic rings. The predicted molar refractivity (Wildman–Crippen MR) is 62.1 cm³/mol. The summed E-state index contributed by atoms with van der Waals surface area (Å²) in [6.07, 6.45) is 4.85. The molecule has 1 atom stereocenters. The molecule has 1 aromatic heterocycles. The lowest BCUT2D eigenvalue weighted by Crippen LogP contribution is -2.22. The molecule has 17 heavy (non-hydrogen) atoms. The summed E-state index contributed by atoms with van der Waals surface area (Å²) < 4.78 is 0. The van der Waals surface area contributed by atoms with Gasteiger partial charge >= 0.3 is 5.97 Å². The van der Waals surface area contributed by atoms with Crippen LogP contribution in [0.4, 0.5) is 0 Å². The van der Waals surface area contributed by atoms with E-state index in [2.05, 4.69) is 9.97 Å². The van der Waals surface area contributed by atoms with Gasteiger partial charge in [0.25, 0.3) is 0 Å². The molecular formula is C13H16N2O2. The van der Waals surface area contributed by atoms with Gasteiger partial charge in [0, 0.05) is 17.2 Å². The van der Waals surface area contributed by atoms with E-state index in [1.165, 1.54) is 0 Å². The van der Waals surface area contributed by atoms with E-state index in [0.717, 1.165) is 54.9 Å². The van der Waals surface area contributed by atoms with Gasteiger partial charge in [0.2, 0.25) is 0 Å². The Morgan fingerprint density at radius 1 is 1.29 bits per heavy atom. The number of fused-ring (bicyclic) bond motifs is 1. The van der Waals surface area contributed by atoms with Crippen molar-refractivity contribution in [1.82, 2.24) is 9.97 Å². The van der Waals surface area contributed by atoms with Crippen LogP contribution in [0.5, 0.6) is 0 Å². The van der Waals surface area contributed by atoms with Crippen LogP contribution in [0.3, 0.4) is 0 Å². The first-order valence-corrected chi connectivity index (χ1v) is 6.27. The number of carboxylic acid groups (broad SMARTS) is 1. The monoisotopic (exact) mass is 232 g/mol. The summed E-state index contributed by atoms with van der Waals surface area (Å²) in [6, 6.07) is 0. The summed E-state index contributed by atoms with van der Waals surface area (Å²) in [5.41, 5.74) is 2.95. The van der Waals surface area contributed by atoms with Crippen molar-refractivity contribution in [3.8, 4) is 0 Å². The van der Waals surface area contributed by atoms with Gasteiger partial charge in [-0.05, 0) is 39.0 Å². The molecule has 1 heterocycles. The van der Waals surface area contributed by atoms with E-state index in [4.69, 9.17) is 0 Å². The molecule has 3 rings (SSSR count). The Kier molecular flexibility index (Phi) is 2.38. The highest BCUT2D eigenvalue weighted by Crippen LogP contribution is 2.45. The fourth-order valence-corrected chi connectivity index (χ4v) is 2.77. The molecule has 1 saturated carbocycles. The van der Waals surface area contributed by atoms with E-state index in [1.807, 2.05) is 6.92 Å². The number of carbonyl (C=O) groups is 1. The van der Waals surface area contributed by atoms with Crippen LogP contribution >= 0.6 is 0 Å². The van der Waals surface area contributed by atoms with Gasteiger partial charge in [-0.3, -0.25) is 4.79 Å². The van der Waals surface area contributed by atoms with Crippen LogP contribution in [0.25, 0.3) is 0 Å². The predicted octanol–water partition coefficient (Wildman–Crippen LogP) is 2.17. The van der Waals surface area contributed by atoms with Crippen LogP contribution in [-0.2, 0) is 11.2 Å². The van der Waals surface area contributed by atoms with E-state index >= 15 is 0 Å². The van der Waals surface area contributed by atoms with Crippen molar-refractivity contribution in [2.45, 2.75) is 50.9 Å². The van der Waals surface area contributed by atoms with E-state index < -0.39 is 5.97 Å². The van der Waals surface area contributed by atoms with Crippen LogP contribution in [0.1, 0.15) is 60.3 Å². The number of rotatable bonds is 2. The highest BCUT2D eigenvalue weighted by molar-refractivity contribution is 5.77. The molecule has 1 unspecified atom stereocenters. The average Bonchev–Trinajstić information content (AvgIpc) is 3.10. The zero-order valence-electron chi connectivity index (χ0n) is 9.94. The second-order valence-electron chi connectivity index (χ2n) is 5.07. The quantitative estimate of drug-likeness (QED) is 0.848. The van der Waals surface area contributed by atoms with Crippen LogP contribution in [0.2, 0.25) is 0 Å². The first-order chi connectivity index (χ1) is 8.16. The fraction of sp³-hybridized carbons (Fsp3) is 0.615. The molecule has 0 aliphatic heterocycles. The Morgan fingerprint density at radius 2 is 2.06 bits per heavy atom. The first kappa shape index (κ1) is 10.7. The molecule has 90 valence electrons.